The molecule has 0 unspecified atom stereocenters. The first-order valence-corrected chi connectivity index (χ1v) is 8.95. The van der Waals surface area contributed by atoms with Gasteiger partial charge in [0.05, 0.1) is 10.7 Å². The Hall–Kier alpha value is -2.95. The number of ketones is 1. The van der Waals surface area contributed by atoms with Gasteiger partial charge in [0.1, 0.15) is 11.5 Å². The Morgan fingerprint density at radius 1 is 1.13 bits per heavy atom. The van der Waals surface area contributed by atoms with Crippen molar-refractivity contribution in [1.82, 2.24) is 14.5 Å². The minimum atomic E-state index is -4.98. The van der Waals surface area contributed by atoms with Crippen LogP contribution in [0.2, 0.25) is 5.02 Å². The number of carbonyl (C=O) groups is 2. The zero-order chi connectivity index (χ0) is 22.8. The fraction of sp³-hybridized carbons (Fsp3) is 0.333. The van der Waals surface area contributed by atoms with Crippen LogP contribution in [0, 0.1) is 5.82 Å². The molecule has 30 heavy (non-hydrogen) atoms. The maximum absolute atomic E-state index is 14.4. The highest BCUT2D eigenvalue weighted by Gasteiger charge is 2.35. The van der Waals surface area contributed by atoms with Gasteiger partial charge in [-0.05, 0) is 19.1 Å². The molecule has 2 rings (SSSR count). The molecule has 0 aliphatic carbocycles. The summed E-state index contributed by atoms with van der Waals surface area (Å²) < 4.78 is 53.7. The maximum atomic E-state index is 14.4. The molecule has 1 aromatic heterocycles. The van der Waals surface area contributed by atoms with Crippen LogP contribution in [-0.4, -0.2) is 27.4 Å². The number of nitrogens with one attached hydrogen (secondary N) is 1. The van der Waals surface area contributed by atoms with Gasteiger partial charge >= 0.3 is 11.9 Å². The van der Waals surface area contributed by atoms with Crippen molar-refractivity contribution in [2.75, 3.05) is 6.54 Å². The van der Waals surface area contributed by atoms with E-state index in [1.54, 1.807) is 6.92 Å². The summed E-state index contributed by atoms with van der Waals surface area (Å²) in [4.78, 5) is 48.4. The van der Waals surface area contributed by atoms with Crippen molar-refractivity contribution in [1.29, 1.82) is 0 Å². The highest BCUT2D eigenvalue weighted by atomic mass is 35.5. The molecule has 0 saturated carbocycles. The first-order valence-electron chi connectivity index (χ1n) is 8.58. The number of amides is 1. The summed E-state index contributed by atoms with van der Waals surface area (Å²) in [5.74, 6) is -2.28. The Kier molecular flexibility index (Phi) is 6.86. The van der Waals surface area contributed by atoms with Crippen LogP contribution in [0.5, 0.6) is 0 Å². The van der Waals surface area contributed by atoms with E-state index < -0.39 is 46.3 Å². The zero-order valence-corrected chi connectivity index (χ0v) is 16.5. The molecular formula is C18H16ClF4N3O4. The molecule has 162 valence electrons. The number of nitrogens with zero attached hydrogens (tertiary/aromatic N) is 2. The summed E-state index contributed by atoms with van der Waals surface area (Å²) in [7, 11) is 0.771. The molecule has 2 aromatic rings. The van der Waals surface area contributed by atoms with Crippen molar-refractivity contribution >= 4 is 23.3 Å². The van der Waals surface area contributed by atoms with Crippen molar-refractivity contribution in [3.63, 3.8) is 0 Å². The molecule has 0 aliphatic rings. The average Bonchev–Trinajstić information content (AvgIpc) is 2.63. The van der Waals surface area contributed by atoms with Crippen molar-refractivity contribution in [3.8, 4) is 5.69 Å². The highest BCUT2D eigenvalue weighted by Crippen LogP contribution is 2.28. The lowest BCUT2D eigenvalue weighted by Gasteiger charge is -2.15. The van der Waals surface area contributed by atoms with Gasteiger partial charge in [0.2, 0.25) is 5.91 Å². The monoisotopic (exact) mass is 449 g/mol. The van der Waals surface area contributed by atoms with E-state index in [1.165, 1.54) is 0 Å². The molecule has 1 N–H and O–H groups in total. The standard InChI is InChI=1S/C18H16ClF4N3O4/c1-3-24-15(28)5-4-13(27)9-6-12(11(20)7-10(9)19)26-16(29)8-14(18(21,22)23)25(2)17(26)30/h6-8H,3-5H2,1-2H3,(H,24,28). The molecule has 1 heterocycles. The van der Waals surface area contributed by atoms with Crippen molar-refractivity contribution in [2.24, 2.45) is 7.05 Å². The van der Waals surface area contributed by atoms with Crippen LogP contribution in [0.25, 0.3) is 5.69 Å². The van der Waals surface area contributed by atoms with E-state index in [0.29, 0.717) is 12.6 Å². The minimum Gasteiger partial charge on any atom is -0.356 e. The van der Waals surface area contributed by atoms with E-state index in [1.807, 2.05) is 0 Å². The molecule has 0 saturated heterocycles. The SMILES string of the molecule is CCNC(=O)CCC(=O)c1cc(-n2c(=O)cc(C(F)(F)F)n(C)c2=O)c(F)cc1Cl. The predicted octanol–water partition coefficient (Wildman–Crippen LogP) is 2.45. The van der Waals surface area contributed by atoms with Crippen LogP contribution in [-0.2, 0) is 18.0 Å². The predicted molar refractivity (Wildman–Crippen MR) is 99.5 cm³/mol. The van der Waals surface area contributed by atoms with Crippen molar-refractivity contribution in [2.45, 2.75) is 25.9 Å². The number of Topliss-reactive ketones (excluding diaryl/α,β-unsaturated/α-hetero) is 1. The van der Waals surface area contributed by atoms with Gasteiger partial charge in [-0.2, -0.15) is 13.2 Å². The van der Waals surface area contributed by atoms with E-state index in [0.717, 1.165) is 13.1 Å². The molecule has 0 atom stereocenters. The summed E-state index contributed by atoms with van der Waals surface area (Å²) in [6, 6.07) is 1.61. The molecule has 0 aliphatic heterocycles. The Morgan fingerprint density at radius 3 is 2.33 bits per heavy atom. The van der Waals surface area contributed by atoms with Crippen LogP contribution in [0.15, 0.2) is 27.8 Å². The summed E-state index contributed by atoms with van der Waals surface area (Å²) in [5, 5.41) is 2.15. The first-order chi connectivity index (χ1) is 13.9. The number of alkyl halides is 3. The molecule has 12 heteroatoms. The van der Waals surface area contributed by atoms with Gasteiger partial charge in [0, 0.05) is 38.1 Å². The number of rotatable bonds is 6. The van der Waals surface area contributed by atoms with Gasteiger partial charge in [0.15, 0.2) is 5.78 Å². The number of benzene rings is 1. The summed E-state index contributed by atoms with van der Waals surface area (Å²) >= 11 is 5.88. The Balaban J connectivity index is 2.57. The third-order valence-electron chi connectivity index (χ3n) is 4.14. The van der Waals surface area contributed by atoms with E-state index in [4.69, 9.17) is 11.6 Å². The second-order valence-electron chi connectivity index (χ2n) is 6.20. The number of hydrogen-bond donors (Lipinski definition) is 1. The van der Waals surface area contributed by atoms with Gasteiger partial charge in [-0.15, -0.1) is 0 Å². The fourth-order valence-corrected chi connectivity index (χ4v) is 2.95. The van der Waals surface area contributed by atoms with Gasteiger partial charge < -0.3 is 5.32 Å². The molecule has 7 nitrogen and oxygen atoms in total. The molecule has 0 bridgehead atoms. The zero-order valence-electron chi connectivity index (χ0n) is 15.8. The second kappa shape index (κ2) is 8.82. The van der Waals surface area contributed by atoms with Crippen LogP contribution in [0.1, 0.15) is 35.8 Å². The topological polar surface area (TPSA) is 90.2 Å². The van der Waals surface area contributed by atoms with E-state index >= 15 is 0 Å². The van der Waals surface area contributed by atoms with Crippen molar-refractivity contribution in [3.05, 3.63) is 61.1 Å². The highest BCUT2D eigenvalue weighted by molar-refractivity contribution is 6.34. The van der Waals surface area contributed by atoms with Crippen LogP contribution >= 0.6 is 11.6 Å². The lowest BCUT2D eigenvalue weighted by molar-refractivity contribution is -0.144. The molecule has 1 aromatic carbocycles. The summed E-state index contributed by atoms with van der Waals surface area (Å²) in [6.07, 6.45) is -5.46. The smallest absolute Gasteiger partial charge is 0.356 e. The number of halogens is 5. The van der Waals surface area contributed by atoms with Gasteiger partial charge in [-0.25, -0.2) is 13.8 Å². The van der Waals surface area contributed by atoms with Crippen LogP contribution in [0.3, 0.4) is 0 Å². The second-order valence-corrected chi connectivity index (χ2v) is 6.61. The van der Waals surface area contributed by atoms with Gasteiger partial charge in [-0.3, -0.25) is 19.0 Å². The van der Waals surface area contributed by atoms with Crippen LogP contribution in [0.4, 0.5) is 17.6 Å². The average molecular weight is 450 g/mol. The third kappa shape index (κ3) is 4.78. The number of carbonyl (C=O) groups excluding carboxylic acids is 2. The largest absolute Gasteiger partial charge is 0.431 e. The fourth-order valence-electron chi connectivity index (χ4n) is 2.69. The maximum Gasteiger partial charge on any atom is 0.431 e. The Morgan fingerprint density at radius 2 is 1.77 bits per heavy atom. The third-order valence-corrected chi connectivity index (χ3v) is 4.45. The lowest BCUT2D eigenvalue weighted by atomic mass is 10.0. The normalized spacial score (nSPS) is 11.4. The number of hydrogen-bond acceptors (Lipinski definition) is 4. The lowest BCUT2D eigenvalue weighted by Crippen LogP contribution is -2.41. The summed E-state index contributed by atoms with van der Waals surface area (Å²) in [5.41, 5.74) is -5.43. The van der Waals surface area contributed by atoms with E-state index in [2.05, 4.69) is 5.32 Å². The molecular weight excluding hydrogens is 434 g/mol. The van der Waals surface area contributed by atoms with Crippen molar-refractivity contribution < 1.29 is 27.2 Å². The van der Waals surface area contributed by atoms with E-state index in [-0.39, 0.29) is 38.6 Å². The number of aromatic nitrogens is 2. The molecule has 0 spiro atoms. The van der Waals surface area contributed by atoms with E-state index in [9.17, 15) is 36.7 Å². The first kappa shape index (κ1) is 23.3. The summed E-state index contributed by atoms with van der Waals surface area (Å²) in [6.45, 7) is 2.04. The Labute approximate surface area is 171 Å². The van der Waals surface area contributed by atoms with Gasteiger partial charge in [0.25, 0.3) is 5.56 Å². The molecule has 0 radical (unpaired) electrons. The quantitative estimate of drug-likeness (QED) is 0.542. The van der Waals surface area contributed by atoms with Gasteiger partial charge in [-0.1, -0.05) is 11.6 Å². The Bertz CT molecular complexity index is 1120. The van der Waals surface area contributed by atoms with Crippen LogP contribution < -0.4 is 16.6 Å². The minimum absolute atomic E-state index is 0.145. The molecule has 1 amide bonds. The molecule has 0 fully saturated rings.